The maximum absolute atomic E-state index is 14.1. The summed E-state index contributed by atoms with van der Waals surface area (Å²) in [6.45, 7) is 5.66. The number of aromatic nitrogens is 3. The number of hydrogen-bond donors (Lipinski definition) is 2. The Balaban J connectivity index is 1.36. The number of aldehydes is 1. The zero-order chi connectivity index (χ0) is 30.9. The third-order valence-electron chi connectivity index (χ3n) is 6.56. The first-order valence-electron chi connectivity index (χ1n) is 13.4. The lowest BCUT2D eigenvalue weighted by atomic mass is 10.2. The van der Waals surface area contributed by atoms with Crippen molar-refractivity contribution in [3.05, 3.63) is 77.3 Å². The van der Waals surface area contributed by atoms with Gasteiger partial charge in [0.05, 0.1) is 23.1 Å². The summed E-state index contributed by atoms with van der Waals surface area (Å²) in [5, 5.41) is 8.90. The minimum absolute atomic E-state index is 0.0813. The van der Waals surface area contributed by atoms with Crippen LogP contribution < -0.4 is 10.6 Å². The first kappa shape index (κ1) is 29.6. The van der Waals surface area contributed by atoms with Gasteiger partial charge in [-0.2, -0.15) is 5.10 Å². The Bertz CT molecular complexity index is 1580. The molecule has 0 spiro atoms. The van der Waals surface area contributed by atoms with E-state index in [4.69, 9.17) is 9.47 Å². The molecular formula is C29H29F3N6O5. The van der Waals surface area contributed by atoms with Gasteiger partial charge in [0.1, 0.15) is 29.2 Å². The highest BCUT2D eigenvalue weighted by molar-refractivity contribution is 6.03. The monoisotopic (exact) mass is 598 g/mol. The summed E-state index contributed by atoms with van der Waals surface area (Å²) in [4.78, 5) is 42.5. The second kappa shape index (κ2) is 11.8. The Morgan fingerprint density at radius 1 is 1.19 bits per heavy atom. The first-order chi connectivity index (χ1) is 20.4. The summed E-state index contributed by atoms with van der Waals surface area (Å²) < 4.78 is 54.1. The highest BCUT2D eigenvalue weighted by Crippen LogP contribution is 2.39. The summed E-state index contributed by atoms with van der Waals surface area (Å²) in [6.07, 6.45) is 1.65. The molecule has 1 atom stereocenters. The Morgan fingerprint density at radius 3 is 2.60 bits per heavy atom. The molecule has 3 heterocycles. The third kappa shape index (κ3) is 6.96. The predicted octanol–water partition coefficient (Wildman–Crippen LogP) is 5.72. The van der Waals surface area contributed by atoms with Crippen molar-refractivity contribution in [3.8, 4) is 5.69 Å². The molecule has 1 aromatic carbocycles. The lowest BCUT2D eigenvalue weighted by Gasteiger charge is -2.27. The van der Waals surface area contributed by atoms with Crippen molar-refractivity contribution in [3.63, 3.8) is 0 Å². The zero-order valence-corrected chi connectivity index (χ0v) is 23.5. The molecule has 0 bridgehead atoms. The van der Waals surface area contributed by atoms with E-state index in [0.29, 0.717) is 24.3 Å². The van der Waals surface area contributed by atoms with Crippen LogP contribution in [0.5, 0.6) is 0 Å². The van der Waals surface area contributed by atoms with E-state index in [-0.39, 0.29) is 28.5 Å². The molecule has 1 saturated carbocycles. The van der Waals surface area contributed by atoms with Gasteiger partial charge < -0.3 is 19.7 Å². The molecule has 1 fully saturated rings. The van der Waals surface area contributed by atoms with Crippen LogP contribution in [0.4, 0.5) is 29.5 Å². The minimum atomic E-state index is -3.05. The number of ether oxygens (including phenoxy) is 2. The van der Waals surface area contributed by atoms with Crippen LogP contribution >= 0.6 is 0 Å². The Hall–Kier alpha value is -4.88. The first-order valence-corrected chi connectivity index (χ1v) is 13.4. The molecule has 3 aromatic rings. The maximum atomic E-state index is 14.1. The fraction of sp³-hybridized carbons (Fsp3) is 0.345. The van der Waals surface area contributed by atoms with Crippen molar-refractivity contribution in [1.82, 2.24) is 19.7 Å². The van der Waals surface area contributed by atoms with E-state index in [1.807, 2.05) is 0 Å². The standard InChI is InChI=1S/C29H29F3N6O5/c1-29(2,3)43-28(41)35-23-10-17(8-9-33-23)27-37(12-16-4-5-16)22(15-42-27)26(40)34-21-13-38(36-24(21)25(31)32)19-7-6-18(14-39)20(30)11-19/h6-11,13-16,25,27H,4-5,12H2,1-3H3,(H,34,40)(H,33,35,41). The van der Waals surface area contributed by atoms with Crippen LogP contribution in [0.1, 0.15) is 67.9 Å². The summed E-state index contributed by atoms with van der Waals surface area (Å²) in [7, 11) is 0. The second-order valence-corrected chi connectivity index (χ2v) is 11.1. The number of anilines is 2. The van der Waals surface area contributed by atoms with Crippen molar-refractivity contribution >= 4 is 29.8 Å². The number of amides is 2. The van der Waals surface area contributed by atoms with E-state index >= 15 is 0 Å². The van der Waals surface area contributed by atoms with Crippen LogP contribution in [0, 0.1) is 11.7 Å². The van der Waals surface area contributed by atoms with Gasteiger partial charge in [0.2, 0.25) is 0 Å². The molecule has 1 aliphatic heterocycles. The SMILES string of the molecule is CC(C)(C)OC(=O)Nc1cc(C2OC=C(C(=O)Nc3cn(-c4ccc(C=O)c(F)c4)nc3C(F)F)N2CC2CC2)ccn1. The van der Waals surface area contributed by atoms with E-state index in [1.165, 1.54) is 24.6 Å². The normalized spacial score (nSPS) is 16.5. The molecule has 2 N–H and O–H groups in total. The van der Waals surface area contributed by atoms with Crippen LogP contribution in [0.15, 0.2) is 54.7 Å². The molecule has 226 valence electrons. The molecule has 2 aliphatic rings. The van der Waals surface area contributed by atoms with E-state index in [9.17, 15) is 27.6 Å². The van der Waals surface area contributed by atoms with Crippen molar-refractivity contribution < 1.29 is 37.0 Å². The lowest BCUT2D eigenvalue weighted by molar-refractivity contribution is -0.114. The number of nitrogens with one attached hydrogen (secondary N) is 2. The highest BCUT2D eigenvalue weighted by Gasteiger charge is 2.38. The van der Waals surface area contributed by atoms with Gasteiger partial charge in [-0.05, 0) is 63.8 Å². The average Bonchev–Trinajstić information content (AvgIpc) is 3.49. The number of hydrogen-bond acceptors (Lipinski definition) is 8. The van der Waals surface area contributed by atoms with Gasteiger partial charge in [-0.1, -0.05) is 0 Å². The molecule has 2 aromatic heterocycles. The van der Waals surface area contributed by atoms with Gasteiger partial charge in [-0.3, -0.25) is 14.9 Å². The van der Waals surface area contributed by atoms with Crippen LogP contribution in [0.2, 0.25) is 0 Å². The second-order valence-electron chi connectivity index (χ2n) is 11.1. The average molecular weight is 599 g/mol. The molecule has 1 aliphatic carbocycles. The molecule has 14 heteroatoms. The molecule has 1 unspecified atom stereocenters. The molecule has 0 saturated heterocycles. The quantitative estimate of drug-likeness (QED) is 0.299. The van der Waals surface area contributed by atoms with Crippen LogP contribution in [0.3, 0.4) is 0 Å². The predicted molar refractivity (Wildman–Crippen MR) is 148 cm³/mol. The van der Waals surface area contributed by atoms with Crippen LogP contribution in [-0.4, -0.2) is 50.1 Å². The summed E-state index contributed by atoms with van der Waals surface area (Å²) >= 11 is 0. The Kier molecular flexibility index (Phi) is 8.11. The van der Waals surface area contributed by atoms with Gasteiger partial charge in [0.25, 0.3) is 12.3 Å². The molecular weight excluding hydrogens is 569 g/mol. The van der Waals surface area contributed by atoms with E-state index in [2.05, 4.69) is 20.7 Å². The number of alkyl halides is 2. The number of nitrogens with zero attached hydrogens (tertiary/aromatic N) is 4. The van der Waals surface area contributed by atoms with Gasteiger partial charge in [-0.15, -0.1) is 0 Å². The van der Waals surface area contributed by atoms with Crippen molar-refractivity contribution in [2.24, 2.45) is 5.92 Å². The minimum Gasteiger partial charge on any atom is -0.471 e. The summed E-state index contributed by atoms with van der Waals surface area (Å²) in [6, 6.07) is 6.79. The number of carbonyl (C=O) groups excluding carboxylic acids is 3. The van der Waals surface area contributed by atoms with Gasteiger partial charge in [0.15, 0.2) is 18.2 Å². The summed E-state index contributed by atoms with van der Waals surface area (Å²) in [5.74, 6) is -1.03. The number of benzene rings is 1. The van der Waals surface area contributed by atoms with Crippen molar-refractivity contribution in [2.75, 3.05) is 17.2 Å². The number of carbonyl (C=O) groups is 3. The fourth-order valence-electron chi connectivity index (χ4n) is 4.41. The smallest absolute Gasteiger partial charge is 0.413 e. The van der Waals surface area contributed by atoms with Crippen LogP contribution in [-0.2, 0) is 14.3 Å². The zero-order valence-electron chi connectivity index (χ0n) is 23.5. The topological polar surface area (TPSA) is 128 Å². The Labute approximate surface area is 244 Å². The lowest BCUT2D eigenvalue weighted by Crippen LogP contribution is -2.32. The van der Waals surface area contributed by atoms with E-state index in [1.54, 1.807) is 37.8 Å². The largest absolute Gasteiger partial charge is 0.471 e. The van der Waals surface area contributed by atoms with Gasteiger partial charge in [0, 0.05) is 24.4 Å². The van der Waals surface area contributed by atoms with Gasteiger partial charge in [-0.25, -0.2) is 27.6 Å². The highest BCUT2D eigenvalue weighted by atomic mass is 19.3. The maximum Gasteiger partial charge on any atom is 0.413 e. The number of rotatable bonds is 9. The third-order valence-corrected chi connectivity index (χ3v) is 6.56. The molecule has 11 nitrogen and oxygen atoms in total. The van der Waals surface area contributed by atoms with Crippen molar-refractivity contribution in [1.29, 1.82) is 0 Å². The Morgan fingerprint density at radius 2 is 1.95 bits per heavy atom. The molecule has 2 amide bonds. The fourth-order valence-corrected chi connectivity index (χ4v) is 4.41. The van der Waals surface area contributed by atoms with Crippen molar-refractivity contribution in [2.45, 2.75) is 51.9 Å². The summed E-state index contributed by atoms with van der Waals surface area (Å²) in [5.41, 5.74) is -1.13. The number of pyridine rings is 1. The molecule has 5 rings (SSSR count). The number of halogens is 3. The molecule has 0 radical (unpaired) electrons. The molecule has 43 heavy (non-hydrogen) atoms. The van der Waals surface area contributed by atoms with E-state index < -0.39 is 41.8 Å². The van der Waals surface area contributed by atoms with E-state index in [0.717, 1.165) is 29.8 Å². The van der Waals surface area contributed by atoms with Crippen LogP contribution in [0.25, 0.3) is 5.69 Å². The van der Waals surface area contributed by atoms with Gasteiger partial charge >= 0.3 is 6.09 Å².